The summed E-state index contributed by atoms with van der Waals surface area (Å²) in [5.74, 6) is 3.04. The maximum Gasteiger partial charge on any atom is 0.573 e. The van der Waals surface area contributed by atoms with Gasteiger partial charge >= 0.3 is 6.36 Å². The molecule has 0 saturated heterocycles. The SMILES string of the molecule is CCCC1CCC2CC(c3ccc4c(OC(F)(F)F)cccc4c3)CCC2C1. The molecule has 4 heteroatoms. The number of rotatable bonds is 4. The zero-order valence-electron chi connectivity index (χ0n) is 16.5. The van der Waals surface area contributed by atoms with Gasteiger partial charge in [0.2, 0.25) is 0 Å². The van der Waals surface area contributed by atoms with Crippen LogP contribution in [0, 0.1) is 17.8 Å². The van der Waals surface area contributed by atoms with Crippen molar-refractivity contribution in [1.82, 2.24) is 0 Å². The molecule has 0 amide bonds. The van der Waals surface area contributed by atoms with Crippen molar-refractivity contribution in [2.75, 3.05) is 0 Å². The lowest BCUT2D eigenvalue weighted by Gasteiger charge is -2.42. The Morgan fingerprint density at radius 1 is 0.964 bits per heavy atom. The number of benzene rings is 2. The van der Waals surface area contributed by atoms with E-state index < -0.39 is 6.36 Å². The molecule has 2 aromatic rings. The van der Waals surface area contributed by atoms with Crippen molar-refractivity contribution in [3.63, 3.8) is 0 Å². The van der Waals surface area contributed by atoms with Crippen LogP contribution in [0.15, 0.2) is 36.4 Å². The first-order valence-electron chi connectivity index (χ1n) is 10.7. The van der Waals surface area contributed by atoms with Crippen LogP contribution in [0.1, 0.15) is 69.8 Å². The largest absolute Gasteiger partial charge is 0.573 e. The van der Waals surface area contributed by atoms with Crippen LogP contribution in [0.2, 0.25) is 0 Å². The maximum absolute atomic E-state index is 12.7. The van der Waals surface area contributed by atoms with Crippen LogP contribution in [0.3, 0.4) is 0 Å². The fraction of sp³-hybridized carbons (Fsp3) is 0.583. The Kier molecular flexibility index (Phi) is 5.57. The highest BCUT2D eigenvalue weighted by Gasteiger charge is 2.36. The van der Waals surface area contributed by atoms with Crippen molar-refractivity contribution < 1.29 is 17.9 Å². The second-order valence-corrected chi connectivity index (χ2v) is 8.78. The van der Waals surface area contributed by atoms with Crippen LogP contribution in [0.25, 0.3) is 10.8 Å². The minimum atomic E-state index is -4.66. The molecule has 28 heavy (non-hydrogen) atoms. The summed E-state index contributed by atoms with van der Waals surface area (Å²) in [7, 11) is 0. The second-order valence-electron chi connectivity index (χ2n) is 8.78. The molecule has 2 fully saturated rings. The molecule has 1 nitrogen and oxygen atoms in total. The molecule has 0 heterocycles. The first-order chi connectivity index (χ1) is 13.4. The summed E-state index contributed by atoms with van der Waals surface area (Å²) in [5.41, 5.74) is 1.27. The van der Waals surface area contributed by atoms with E-state index in [0.29, 0.717) is 11.3 Å². The van der Waals surface area contributed by atoms with E-state index in [2.05, 4.69) is 17.7 Å². The van der Waals surface area contributed by atoms with Gasteiger partial charge in [0, 0.05) is 5.39 Å². The zero-order valence-corrected chi connectivity index (χ0v) is 16.5. The molecule has 2 aromatic carbocycles. The maximum atomic E-state index is 12.7. The summed E-state index contributed by atoms with van der Waals surface area (Å²) < 4.78 is 42.2. The van der Waals surface area contributed by atoms with E-state index in [1.54, 1.807) is 12.1 Å². The fourth-order valence-electron chi connectivity index (χ4n) is 5.70. The number of fused-ring (bicyclic) bond motifs is 2. The average Bonchev–Trinajstić information content (AvgIpc) is 2.66. The third kappa shape index (κ3) is 4.31. The molecule has 4 unspecified atom stereocenters. The Balaban J connectivity index is 1.50. The molecule has 0 spiro atoms. The lowest BCUT2D eigenvalue weighted by atomic mass is 9.63. The van der Waals surface area contributed by atoms with Crippen molar-refractivity contribution in [1.29, 1.82) is 0 Å². The normalized spacial score (nSPS) is 28.1. The van der Waals surface area contributed by atoms with Crippen molar-refractivity contribution in [3.05, 3.63) is 42.0 Å². The molecule has 0 radical (unpaired) electrons. The lowest BCUT2D eigenvalue weighted by molar-refractivity contribution is -0.274. The Labute approximate surface area is 165 Å². The molecule has 4 atom stereocenters. The smallest absolute Gasteiger partial charge is 0.405 e. The molecular formula is C24H29F3O. The average molecular weight is 390 g/mol. The third-order valence-corrected chi connectivity index (χ3v) is 6.98. The zero-order chi connectivity index (χ0) is 19.7. The number of hydrogen-bond donors (Lipinski definition) is 0. The van der Waals surface area contributed by atoms with Crippen LogP contribution >= 0.6 is 0 Å². The lowest BCUT2D eigenvalue weighted by Crippen LogP contribution is -2.30. The Morgan fingerprint density at radius 3 is 2.54 bits per heavy atom. The fourth-order valence-corrected chi connectivity index (χ4v) is 5.70. The molecule has 4 rings (SSSR count). The molecule has 2 aliphatic carbocycles. The molecule has 0 bridgehead atoms. The quantitative estimate of drug-likeness (QED) is 0.517. The Morgan fingerprint density at radius 2 is 1.75 bits per heavy atom. The van der Waals surface area contributed by atoms with E-state index in [0.717, 1.165) is 23.1 Å². The highest BCUT2D eigenvalue weighted by molar-refractivity contribution is 5.89. The molecule has 2 aliphatic rings. The van der Waals surface area contributed by atoms with Crippen molar-refractivity contribution in [2.45, 2.75) is 70.6 Å². The standard InChI is InChI=1S/C24H29F3O/c1-2-4-16-7-8-18-14-19(10-9-17(18)13-16)20-11-12-22-21(15-20)5-3-6-23(22)28-24(25,26)27/h3,5-6,11-12,15-19H,2,4,7-10,13-14H2,1H3. The van der Waals surface area contributed by atoms with E-state index in [9.17, 15) is 13.2 Å². The van der Waals surface area contributed by atoms with Crippen LogP contribution in [-0.4, -0.2) is 6.36 Å². The van der Waals surface area contributed by atoms with E-state index in [1.807, 2.05) is 12.1 Å². The summed E-state index contributed by atoms with van der Waals surface area (Å²) in [6.45, 7) is 2.29. The summed E-state index contributed by atoms with van der Waals surface area (Å²) in [6.07, 6.45) is 5.86. The van der Waals surface area contributed by atoms with Gasteiger partial charge in [0.25, 0.3) is 0 Å². The van der Waals surface area contributed by atoms with Gasteiger partial charge in [-0.1, -0.05) is 56.5 Å². The summed E-state index contributed by atoms with van der Waals surface area (Å²) in [5, 5.41) is 1.35. The summed E-state index contributed by atoms with van der Waals surface area (Å²) >= 11 is 0. The molecule has 0 N–H and O–H groups in total. The van der Waals surface area contributed by atoms with Gasteiger partial charge in [0.1, 0.15) is 5.75 Å². The molecule has 2 saturated carbocycles. The van der Waals surface area contributed by atoms with Crippen molar-refractivity contribution in [2.24, 2.45) is 17.8 Å². The van der Waals surface area contributed by atoms with Crippen molar-refractivity contribution >= 4 is 10.8 Å². The van der Waals surface area contributed by atoms with Crippen LogP contribution in [0.4, 0.5) is 13.2 Å². The Bertz CT molecular complexity index is 813. The molecule has 152 valence electrons. The van der Waals surface area contributed by atoms with Crippen LogP contribution < -0.4 is 4.74 Å². The van der Waals surface area contributed by atoms with Gasteiger partial charge in [-0.25, -0.2) is 0 Å². The van der Waals surface area contributed by atoms with Gasteiger partial charge in [-0.2, -0.15) is 0 Å². The monoisotopic (exact) mass is 390 g/mol. The minimum Gasteiger partial charge on any atom is -0.405 e. The van der Waals surface area contributed by atoms with Crippen LogP contribution in [-0.2, 0) is 0 Å². The van der Waals surface area contributed by atoms with Gasteiger partial charge in [-0.3, -0.25) is 0 Å². The van der Waals surface area contributed by atoms with Gasteiger partial charge < -0.3 is 4.74 Å². The van der Waals surface area contributed by atoms with E-state index >= 15 is 0 Å². The number of ether oxygens (including phenoxy) is 1. The van der Waals surface area contributed by atoms with Gasteiger partial charge in [0.05, 0.1) is 0 Å². The minimum absolute atomic E-state index is 0.116. The molecular weight excluding hydrogens is 361 g/mol. The third-order valence-electron chi connectivity index (χ3n) is 6.98. The molecule has 0 aliphatic heterocycles. The summed E-state index contributed by atoms with van der Waals surface area (Å²) in [6, 6.07) is 10.8. The first kappa shape index (κ1) is 19.6. The van der Waals surface area contributed by atoms with Gasteiger partial charge in [-0.15, -0.1) is 13.2 Å². The number of hydrogen-bond acceptors (Lipinski definition) is 1. The van der Waals surface area contributed by atoms with E-state index in [-0.39, 0.29) is 5.75 Å². The number of alkyl halides is 3. The highest BCUT2D eigenvalue weighted by atomic mass is 19.4. The molecule has 0 aromatic heterocycles. The van der Waals surface area contributed by atoms with E-state index in [4.69, 9.17) is 0 Å². The highest BCUT2D eigenvalue weighted by Crippen LogP contribution is 2.48. The topological polar surface area (TPSA) is 9.23 Å². The number of halogens is 3. The van der Waals surface area contributed by atoms with E-state index in [1.165, 1.54) is 63.0 Å². The first-order valence-corrected chi connectivity index (χ1v) is 10.7. The second kappa shape index (κ2) is 7.96. The van der Waals surface area contributed by atoms with Crippen molar-refractivity contribution in [3.8, 4) is 5.75 Å². The Hall–Kier alpha value is -1.71. The summed E-state index contributed by atoms with van der Waals surface area (Å²) in [4.78, 5) is 0. The van der Waals surface area contributed by atoms with Gasteiger partial charge in [0.15, 0.2) is 0 Å². The van der Waals surface area contributed by atoms with Gasteiger partial charge in [-0.05, 0) is 72.8 Å². The predicted molar refractivity (Wildman–Crippen MR) is 106 cm³/mol. The van der Waals surface area contributed by atoms with Crippen LogP contribution in [0.5, 0.6) is 5.75 Å². The predicted octanol–water partition coefficient (Wildman–Crippen LogP) is 7.84.